The third-order valence-corrected chi connectivity index (χ3v) is 3.06. The molecule has 0 unspecified atom stereocenters. The van der Waals surface area contributed by atoms with Gasteiger partial charge in [-0.2, -0.15) is 0 Å². The molecule has 1 aromatic heterocycles. The summed E-state index contributed by atoms with van der Waals surface area (Å²) in [5.74, 6) is -0.449. The number of halogens is 2. The van der Waals surface area contributed by atoms with Crippen molar-refractivity contribution in [2.75, 3.05) is 25.6 Å². The first-order valence-corrected chi connectivity index (χ1v) is 6.80. The van der Waals surface area contributed by atoms with Crippen molar-refractivity contribution in [3.05, 3.63) is 47.3 Å². The molecular formula is C15H19F2N3O. The molecule has 2 aromatic rings. The predicted octanol–water partition coefficient (Wildman–Crippen LogP) is 2.97. The highest BCUT2D eigenvalue weighted by atomic mass is 19.1. The van der Waals surface area contributed by atoms with Crippen molar-refractivity contribution < 1.29 is 13.5 Å². The minimum absolute atomic E-state index is 0.305. The van der Waals surface area contributed by atoms with E-state index in [0.717, 1.165) is 24.7 Å². The molecule has 0 fully saturated rings. The topological polar surface area (TPSA) is 39.1 Å². The van der Waals surface area contributed by atoms with Crippen LogP contribution in [0.15, 0.2) is 24.4 Å². The summed E-state index contributed by atoms with van der Waals surface area (Å²) < 4.78 is 33.4. The van der Waals surface area contributed by atoms with Crippen LogP contribution in [-0.4, -0.2) is 29.8 Å². The third-order valence-electron chi connectivity index (χ3n) is 3.06. The zero-order valence-corrected chi connectivity index (χ0v) is 12.2. The van der Waals surface area contributed by atoms with Gasteiger partial charge in [-0.25, -0.2) is 13.8 Å². The van der Waals surface area contributed by atoms with E-state index in [1.807, 2.05) is 17.7 Å². The summed E-state index contributed by atoms with van der Waals surface area (Å²) in [5.41, 5.74) is 1.26. The fraction of sp³-hybridized carbons (Fsp3) is 0.400. The summed E-state index contributed by atoms with van der Waals surface area (Å²) in [6.07, 6.45) is 2.69. The molecule has 0 spiro atoms. The average molecular weight is 295 g/mol. The standard InChI is InChI=1S/C15H19F2N3O/c1-11-9-20(15(19-11)18-6-3-7-21-2)10-12-4-5-13(16)8-14(12)17/h4-5,8-9H,3,6-7,10H2,1-2H3,(H,18,19). The van der Waals surface area contributed by atoms with E-state index in [0.29, 0.717) is 24.7 Å². The molecule has 0 bridgehead atoms. The van der Waals surface area contributed by atoms with Gasteiger partial charge in [-0.1, -0.05) is 6.07 Å². The molecule has 21 heavy (non-hydrogen) atoms. The SMILES string of the molecule is COCCCNc1nc(C)cn1Cc1ccc(F)cc1F. The number of aromatic nitrogens is 2. The molecule has 0 amide bonds. The van der Waals surface area contributed by atoms with Gasteiger partial charge in [0.05, 0.1) is 12.2 Å². The number of benzene rings is 1. The Morgan fingerprint density at radius 1 is 1.33 bits per heavy atom. The number of imidazole rings is 1. The van der Waals surface area contributed by atoms with Gasteiger partial charge >= 0.3 is 0 Å². The van der Waals surface area contributed by atoms with Crippen LogP contribution in [0.5, 0.6) is 0 Å². The Balaban J connectivity index is 2.08. The first kappa shape index (κ1) is 15.4. The first-order valence-electron chi connectivity index (χ1n) is 6.80. The highest BCUT2D eigenvalue weighted by Gasteiger charge is 2.09. The summed E-state index contributed by atoms with van der Waals surface area (Å²) in [5, 5.41) is 3.20. The first-order chi connectivity index (χ1) is 10.1. The molecule has 1 aromatic carbocycles. The number of anilines is 1. The van der Waals surface area contributed by atoms with Crippen molar-refractivity contribution in [3.8, 4) is 0 Å². The number of ether oxygens (including phenoxy) is 1. The molecule has 114 valence electrons. The monoisotopic (exact) mass is 295 g/mol. The number of aryl methyl sites for hydroxylation is 1. The molecule has 6 heteroatoms. The van der Waals surface area contributed by atoms with Gasteiger partial charge in [0, 0.05) is 38.1 Å². The summed E-state index contributed by atoms with van der Waals surface area (Å²) in [4.78, 5) is 4.37. The number of hydrogen-bond donors (Lipinski definition) is 1. The molecule has 0 radical (unpaired) electrons. The maximum atomic E-state index is 13.7. The number of rotatable bonds is 7. The van der Waals surface area contributed by atoms with Gasteiger partial charge in [-0.05, 0) is 19.4 Å². The molecule has 0 aliphatic heterocycles. The van der Waals surface area contributed by atoms with Crippen LogP contribution >= 0.6 is 0 Å². The maximum Gasteiger partial charge on any atom is 0.203 e. The van der Waals surface area contributed by atoms with E-state index in [1.165, 1.54) is 12.1 Å². The van der Waals surface area contributed by atoms with Crippen LogP contribution in [0.1, 0.15) is 17.7 Å². The average Bonchev–Trinajstić information content (AvgIpc) is 2.78. The lowest BCUT2D eigenvalue weighted by atomic mass is 10.2. The van der Waals surface area contributed by atoms with E-state index in [2.05, 4.69) is 10.3 Å². The van der Waals surface area contributed by atoms with E-state index in [-0.39, 0.29) is 0 Å². The van der Waals surface area contributed by atoms with E-state index in [9.17, 15) is 8.78 Å². The summed E-state index contributed by atoms with van der Waals surface area (Å²) in [6, 6.07) is 3.60. The quantitative estimate of drug-likeness (QED) is 0.798. The van der Waals surface area contributed by atoms with Crippen molar-refractivity contribution in [2.45, 2.75) is 19.9 Å². The number of nitrogens with one attached hydrogen (secondary N) is 1. The molecule has 0 aliphatic rings. The lowest BCUT2D eigenvalue weighted by Gasteiger charge is -2.10. The Morgan fingerprint density at radius 3 is 2.86 bits per heavy atom. The molecule has 1 N–H and O–H groups in total. The molecule has 2 rings (SSSR count). The Hall–Kier alpha value is -1.95. The fourth-order valence-electron chi connectivity index (χ4n) is 2.06. The van der Waals surface area contributed by atoms with Crippen LogP contribution in [0, 0.1) is 18.6 Å². The van der Waals surface area contributed by atoms with Crippen molar-refractivity contribution in [3.63, 3.8) is 0 Å². The van der Waals surface area contributed by atoms with Crippen LogP contribution in [0.25, 0.3) is 0 Å². The minimum atomic E-state index is -0.573. The van der Waals surface area contributed by atoms with Crippen molar-refractivity contribution >= 4 is 5.95 Å². The molecule has 0 saturated heterocycles. The van der Waals surface area contributed by atoms with Gasteiger partial charge in [0.2, 0.25) is 5.95 Å². The van der Waals surface area contributed by atoms with Crippen LogP contribution < -0.4 is 5.32 Å². The Bertz CT molecular complexity index is 599. The molecule has 1 heterocycles. The third kappa shape index (κ3) is 4.26. The second-order valence-electron chi connectivity index (χ2n) is 4.84. The lowest BCUT2D eigenvalue weighted by molar-refractivity contribution is 0.197. The molecule has 0 atom stereocenters. The number of nitrogens with zero attached hydrogens (tertiary/aromatic N) is 2. The second kappa shape index (κ2) is 7.17. The molecular weight excluding hydrogens is 276 g/mol. The van der Waals surface area contributed by atoms with Gasteiger partial charge in [-0.3, -0.25) is 0 Å². The van der Waals surface area contributed by atoms with Crippen LogP contribution in [0.4, 0.5) is 14.7 Å². The molecule has 0 aliphatic carbocycles. The van der Waals surface area contributed by atoms with E-state index in [4.69, 9.17) is 4.74 Å². The Morgan fingerprint density at radius 2 is 2.14 bits per heavy atom. The normalized spacial score (nSPS) is 10.9. The zero-order chi connectivity index (χ0) is 15.2. The van der Waals surface area contributed by atoms with Crippen molar-refractivity contribution in [1.29, 1.82) is 0 Å². The van der Waals surface area contributed by atoms with Crippen LogP contribution in [-0.2, 0) is 11.3 Å². The van der Waals surface area contributed by atoms with E-state index in [1.54, 1.807) is 7.11 Å². The zero-order valence-electron chi connectivity index (χ0n) is 12.2. The van der Waals surface area contributed by atoms with E-state index >= 15 is 0 Å². The Labute approximate surface area is 122 Å². The molecule has 4 nitrogen and oxygen atoms in total. The van der Waals surface area contributed by atoms with Gasteiger partial charge in [0.25, 0.3) is 0 Å². The summed E-state index contributed by atoms with van der Waals surface area (Å²) in [7, 11) is 1.66. The van der Waals surface area contributed by atoms with Crippen LogP contribution in [0.3, 0.4) is 0 Å². The highest BCUT2D eigenvalue weighted by molar-refractivity contribution is 5.31. The van der Waals surface area contributed by atoms with Gasteiger partial charge < -0.3 is 14.6 Å². The largest absolute Gasteiger partial charge is 0.385 e. The maximum absolute atomic E-state index is 13.7. The van der Waals surface area contributed by atoms with Crippen LogP contribution in [0.2, 0.25) is 0 Å². The van der Waals surface area contributed by atoms with Crippen molar-refractivity contribution in [1.82, 2.24) is 9.55 Å². The lowest BCUT2D eigenvalue weighted by Crippen LogP contribution is -2.11. The molecule has 0 saturated carbocycles. The minimum Gasteiger partial charge on any atom is -0.385 e. The summed E-state index contributed by atoms with van der Waals surface area (Å²) in [6.45, 7) is 3.56. The second-order valence-corrected chi connectivity index (χ2v) is 4.84. The highest BCUT2D eigenvalue weighted by Crippen LogP contribution is 2.15. The predicted molar refractivity (Wildman–Crippen MR) is 77.4 cm³/mol. The van der Waals surface area contributed by atoms with Crippen molar-refractivity contribution in [2.24, 2.45) is 0 Å². The number of methoxy groups -OCH3 is 1. The Kier molecular flexibility index (Phi) is 5.27. The number of hydrogen-bond acceptors (Lipinski definition) is 3. The smallest absolute Gasteiger partial charge is 0.203 e. The van der Waals surface area contributed by atoms with Gasteiger partial charge in [-0.15, -0.1) is 0 Å². The summed E-state index contributed by atoms with van der Waals surface area (Å²) >= 11 is 0. The van der Waals surface area contributed by atoms with E-state index < -0.39 is 11.6 Å². The fourth-order valence-corrected chi connectivity index (χ4v) is 2.06. The van der Waals surface area contributed by atoms with Gasteiger partial charge in [0.15, 0.2) is 0 Å². The van der Waals surface area contributed by atoms with Gasteiger partial charge in [0.1, 0.15) is 11.6 Å².